The van der Waals surface area contributed by atoms with E-state index in [0.29, 0.717) is 0 Å². The number of aliphatic hydroxyl groups excluding tert-OH is 1. The van der Waals surface area contributed by atoms with Crippen molar-refractivity contribution in [1.29, 1.82) is 0 Å². The van der Waals surface area contributed by atoms with Crippen molar-refractivity contribution in [3.05, 3.63) is 41.7 Å². The number of nitrogens with zero attached hydrogens (tertiary/aromatic N) is 2. The van der Waals surface area contributed by atoms with Crippen molar-refractivity contribution in [2.24, 2.45) is 7.05 Å². The molecule has 1 aromatic heterocycles. The van der Waals surface area contributed by atoms with Crippen molar-refractivity contribution in [3.63, 3.8) is 0 Å². The third-order valence-corrected chi connectivity index (χ3v) is 3.05. The average Bonchev–Trinajstić information content (AvgIpc) is 2.75. The van der Waals surface area contributed by atoms with Gasteiger partial charge in [0.25, 0.3) is 0 Å². The highest BCUT2D eigenvalue weighted by atomic mass is 16.5. The van der Waals surface area contributed by atoms with Crippen LogP contribution in [0.2, 0.25) is 0 Å². The van der Waals surface area contributed by atoms with E-state index in [1.54, 1.807) is 11.8 Å². The highest BCUT2D eigenvalue weighted by molar-refractivity contribution is 5.57. The molecule has 0 saturated heterocycles. The van der Waals surface area contributed by atoms with E-state index in [4.69, 9.17) is 4.74 Å². The number of para-hydroxylation sites is 2. The van der Waals surface area contributed by atoms with Crippen LogP contribution in [0.3, 0.4) is 0 Å². The van der Waals surface area contributed by atoms with Gasteiger partial charge in [0.05, 0.1) is 31.1 Å². The molecule has 1 atom stereocenters. The second-order valence-electron chi connectivity index (χ2n) is 4.42. The van der Waals surface area contributed by atoms with Gasteiger partial charge in [0, 0.05) is 18.8 Å². The van der Waals surface area contributed by atoms with E-state index in [0.717, 1.165) is 22.7 Å². The maximum Gasteiger partial charge on any atom is 0.141 e. The van der Waals surface area contributed by atoms with Gasteiger partial charge in [-0.3, -0.25) is 4.68 Å². The highest BCUT2D eigenvalue weighted by Crippen LogP contribution is 2.28. The van der Waals surface area contributed by atoms with Crippen LogP contribution in [0.25, 0.3) is 0 Å². The van der Waals surface area contributed by atoms with Crippen LogP contribution in [0.1, 0.15) is 17.3 Å². The maximum absolute atomic E-state index is 9.60. The fraction of sp³-hybridized carbons (Fsp3) is 0.357. The molecule has 0 radical (unpaired) electrons. The molecule has 5 nitrogen and oxygen atoms in total. The fourth-order valence-corrected chi connectivity index (χ4v) is 2.13. The number of hydrogen-bond donors (Lipinski definition) is 2. The Hall–Kier alpha value is -2.01. The summed E-state index contributed by atoms with van der Waals surface area (Å²) >= 11 is 0. The van der Waals surface area contributed by atoms with Crippen LogP contribution in [0.15, 0.2) is 30.5 Å². The molecule has 5 heteroatoms. The van der Waals surface area contributed by atoms with Gasteiger partial charge in [-0.05, 0) is 19.1 Å². The first kappa shape index (κ1) is 13.4. The Morgan fingerprint density at radius 3 is 2.74 bits per heavy atom. The average molecular weight is 261 g/mol. The lowest BCUT2D eigenvalue weighted by atomic mass is 10.1. The molecule has 0 fully saturated rings. The normalized spacial score (nSPS) is 12.2. The number of nitrogens with one attached hydrogen (secondary N) is 1. The van der Waals surface area contributed by atoms with Crippen molar-refractivity contribution in [2.75, 3.05) is 19.0 Å². The smallest absolute Gasteiger partial charge is 0.141 e. The number of aromatic nitrogens is 2. The largest absolute Gasteiger partial charge is 0.495 e. The second kappa shape index (κ2) is 5.75. The Morgan fingerprint density at radius 2 is 2.16 bits per heavy atom. The highest BCUT2D eigenvalue weighted by Gasteiger charge is 2.16. The van der Waals surface area contributed by atoms with E-state index in [1.807, 2.05) is 44.4 Å². The maximum atomic E-state index is 9.60. The first-order valence-electron chi connectivity index (χ1n) is 6.16. The molecule has 0 aliphatic rings. The summed E-state index contributed by atoms with van der Waals surface area (Å²) in [7, 11) is 3.50. The van der Waals surface area contributed by atoms with Gasteiger partial charge < -0.3 is 15.2 Å². The summed E-state index contributed by atoms with van der Waals surface area (Å²) in [4.78, 5) is 0. The van der Waals surface area contributed by atoms with Crippen molar-refractivity contribution < 1.29 is 9.84 Å². The van der Waals surface area contributed by atoms with Crippen LogP contribution in [-0.4, -0.2) is 28.6 Å². The van der Waals surface area contributed by atoms with E-state index in [9.17, 15) is 5.11 Å². The minimum absolute atomic E-state index is 0.00934. The zero-order valence-electron chi connectivity index (χ0n) is 11.4. The van der Waals surface area contributed by atoms with Gasteiger partial charge in [0.1, 0.15) is 5.75 Å². The van der Waals surface area contributed by atoms with E-state index in [1.165, 1.54) is 0 Å². The molecule has 102 valence electrons. The summed E-state index contributed by atoms with van der Waals surface area (Å²) in [6.45, 7) is 1.92. The summed E-state index contributed by atoms with van der Waals surface area (Å²) in [6, 6.07) is 7.44. The molecule has 19 heavy (non-hydrogen) atoms. The molecule has 0 bridgehead atoms. The van der Waals surface area contributed by atoms with E-state index in [-0.39, 0.29) is 12.6 Å². The van der Waals surface area contributed by atoms with Crippen LogP contribution in [0.4, 0.5) is 5.69 Å². The van der Waals surface area contributed by atoms with Gasteiger partial charge in [-0.25, -0.2) is 0 Å². The van der Waals surface area contributed by atoms with Crippen LogP contribution in [-0.2, 0) is 7.05 Å². The number of anilines is 1. The summed E-state index contributed by atoms with van der Waals surface area (Å²) in [5, 5.41) is 17.2. The van der Waals surface area contributed by atoms with Gasteiger partial charge in [-0.15, -0.1) is 0 Å². The van der Waals surface area contributed by atoms with Gasteiger partial charge in [0.15, 0.2) is 0 Å². The topological polar surface area (TPSA) is 59.3 Å². The predicted octanol–water partition coefficient (Wildman–Crippen LogP) is 1.88. The zero-order valence-corrected chi connectivity index (χ0v) is 11.4. The van der Waals surface area contributed by atoms with Crippen molar-refractivity contribution >= 4 is 5.69 Å². The minimum atomic E-state index is -0.204. The molecule has 0 aliphatic carbocycles. The number of ether oxygens (including phenoxy) is 1. The molecule has 0 amide bonds. The van der Waals surface area contributed by atoms with Gasteiger partial charge in [-0.1, -0.05) is 12.1 Å². The standard InChI is InChI=1S/C14H19N3O2/c1-10-11(8-17(2)16-10)13(9-18)15-12-6-4-5-7-14(12)19-3/h4-8,13,15,18H,9H2,1-3H3. The lowest BCUT2D eigenvalue weighted by Crippen LogP contribution is -2.15. The van der Waals surface area contributed by atoms with Crippen molar-refractivity contribution in [3.8, 4) is 5.75 Å². The third-order valence-electron chi connectivity index (χ3n) is 3.05. The zero-order chi connectivity index (χ0) is 13.8. The van der Waals surface area contributed by atoms with Crippen LogP contribution in [0, 0.1) is 6.92 Å². The molecular weight excluding hydrogens is 242 g/mol. The Balaban J connectivity index is 2.26. The van der Waals surface area contributed by atoms with Gasteiger partial charge >= 0.3 is 0 Å². The summed E-state index contributed by atoms with van der Waals surface area (Å²) in [6.07, 6.45) is 1.92. The summed E-state index contributed by atoms with van der Waals surface area (Å²) in [5.74, 6) is 0.752. The van der Waals surface area contributed by atoms with Crippen LogP contribution >= 0.6 is 0 Å². The molecule has 2 aromatic rings. The first-order chi connectivity index (χ1) is 9.15. The van der Waals surface area contributed by atoms with E-state index in [2.05, 4.69) is 10.4 Å². The molecular formula is C14H19N3O2. The summed E-state index contributed by atoms with van der Waals surface area (Å²) in [5.41, 5.74) is 2.74. The lowest BCUT2D eigenvalue weighted by molar-refractivity contribution is 0.275. The van der Waals surface area contributed by atoms with Gasteiger partial charge in [-0.2, -0.15) is 5.10 Å². The molecule has 0 saturated carbocycles. The minimum Gasteiger partial charge on any atom is -0.495 e. The number of aliphatic hydroxyl groups is 1. The Morgan fingerprint density at radius 1 is 1.42 bits per heavy atom. The number of benzene rings is 1. The second-order valence-corrected chi connectivity index (χ2v) is 4.42. The Kier molecular flexibility index (Phi) is 4.06. The van der Waals surface area contributed by atoms with Crippen LogP contribution in [0.5, 0.6) is 5.75 Å². The molecule has 0 spiro atoms. The lowest BCUT2D eigenvalue weighted by Gasteiger charge is -2.19. The quantitative estimate of drug-likeness (QED) is 0.863. The van der Waals surface area contributed by atoms with E-state index >= 15 is 0 Å². The Labute approximate surface area is 112 Å². The fourth-order valence-electron chi connectivity index (χ4n) is 2.13. The monoisotopic (exact) mass is 261 g/mol. The predicted molar refractivity (Wildman–Crippen MR) is 74.4 cm³/mol. The molecule has 2 rings (SSSR count). The van der Waals surface area contributed by atoms with Crippen molar-refractivity contribution in [1.82, 2.24) is 9.78 Å². The molecule has 1 unspecified atom stereocenters. The summed E-state index contributed by atoms with van der Waals surface area (Å²) < 4.78 is 7.04. The SMILES string of the molecule is COc1ccccc1NC(CO)c1cn(C)nc1C. The Bertz CT molecular complexity index is 551. The van der Waals surface area contributed by atoms with Crippen LogP contribution < -0.4 is 10.1 Å². The molecule has 2 N–H and O–H groups in total. The first-order valence-corrected chi connectivity index (χ1v) is 6.16. The molecule has 1 heterocycles. The number of hydrogen-bond acceptors (Lipinski definition) is 4. The molecule has 1 aromatic carbocycles. The molecule has 0 aliphatic heterocycles. The number of rotatable bonds is 5. The van der Waals surface area contributed by atoms with Crippen molar-refractivity contribution in [2.45, 2.75) is 13.0 Å². The van der Waals surface area contributed by atoms with E-state index < -0.39 is 0 Å². The number of methoxy groups -OCH3 is 1. The van der Waals surface area contributed by atoms with Gasteiger partial charge in [0.2, 0.25) is 0 Å². The number of aryl methyl sites for hydroxylation is 2. The third kappa shape index (κ3) is 2.88.